The van der Waals surface area contributed by atoms with Crippen molar-refractivity contribution in [2.75, 3.05) is 0 Å². The van der Waals surface area contributed by atoms with Gasteiger partial charge in [0.25, 0.3) is 0 Å². The number of furan rings is 1. The predicted octanol–water partition coefficient (Wildman–Crippen LogP) is 2.35. The number of rotatable bonds is 3. The molecule has 4 nitrogen and oxygen atoms in total. The molecule has 0 bridgehead atoms. The monoisotopic (exact) mass is 234 g/mol. The molecule has 5 heteroatoms. The molecule has 86 valence electrons. The fourth-order valence-electron chi connectivity index (χ4n) is 1.35. The Morgan fingerprint density at radius 2 is 1.82 bits per heavy atom. The van der Waals surface area contributed by atoms with Crippen LogP contribution in [0.1, 0.15) is 26.7 Å². The van der Waals surface area contributed by atoms with Crippen molar-refractivity contribution in [3.05, 3.63) is 59.3 Å². The minimum Gasteiger partial charge on any atom is -0.475 e. The lowest BCUT2D eigenvalue weighted by molar-refractivity contribution is 0.0660. The van der Waals surface area contributed by atoms with Gasteiger partial charge in [-0.1, -0.05) is 12.1 Å². The van der Waals surface area contributed by atoms with E-state index in [-0.39, 0.29) is 17.1 Å². The van der Waals surface area contributed by atoms with Crippen LogP contribution in [-0.4, -0.2) is 16.9 Å². The van der Waals surface area contributed by atoms with E-state index in [1.54, 1.807) is 0 Å². The molecule has 17 heavy (non-hydrogen) atoms. The molecule has 0 saturated carbocycles. The van der Waals surface area contributed by atoms with Crippen LogP contribution in [-0.2, 0) is 0 Å². The van der Waals surface area contributed by atoms with Crippen LogP contribution in [0.25, 0.3) is 0 Å². The molecule has 2 rings (SSSR count). The summed E-state index contributed by atoms with van der Waals surface area (Å²) in [7, 11) is 0. The number of ketones is 1. The van der Waals surface area contributed by atoms with Crippen molar-refractivity contribution in [2.45, 2.75) is 0 Å². The van der Waals surface area contributed by atoms with Crippen LogP contribution in [0.5, 0.6) is 0 Å². The average Bonchev–Trinajstić information content (AvgIpc) is 2.77. The van der Waals surface area contributed by atoms with Crippen molar-refractivity contribution in [1.29, 1.82) is 0 Å². The Morgan fingerprint density at radius 3 is 2.41 bits per heavy atom. The summed E-state index contributed by atoms with van der Waals surface area (Å²) in [5.41, 5.74) is 0.108. The second-order valence-corrected chi connectivity index (χ2v) is 3.31. The van der Waals surface area contributed by atoms with Crippen molar-refractivity contribution < 1.29 is 23.5 Å². The number of halogens is 1. The first-order valence-electron chi connectivity index (χ1n) is 4.71. The third-order valence-corrected chi connectivity index (χ3v) is 2.13. The van der Waals surface area contributed by atoms with Gasteiger partial charge in [0.05, 0.1) is 0 Å². The first-order valence-corrected chi connectivity index (χ1v) is 4.71. The smallest absolute Gasteiger partial charge is 0.371 e. The average molecular weight is 234 g/mol. The van der Waals surface area contributed by atoms with E-state index in [0.717, 1.165) is 6.07 Å². The Hall–Kier alpha value is -2.43. The van der Waals surface area contributed by atoms with Crippen molar-refractivity contribution >= 4 is 11.8 Å². The second-order valence-electron chi connectivity index (χ2n) is 3.31. The van der Waals surface area contributed by atoms with Crippen LogP contribution in [0.2, 0.25) is 0 Å². The highest BCUT2D eigenvalue weighted by atomic mass is 19.1. The standard InChI is InChI=1S/C12H7FO4/c13-8-3-1-2-7(6-8)11(14)9-4-5-10(17-9)12(15)16/h1-6H,(H,15,16). The number of hydrogen-bond donors (Lipinski definition) is 1. The molecule has 1 aromatic carbocycles. The third kappa shape index (κ3) is 2.23. The molecule has 0 unspecified atom stereocenters. The summed E-state index contributed by atoms with van der Waals surface area (Å²) >= 11 is 0. The Bertz CT molecular complexity index is 586. The zero-order chi connectivity index (χ0) is 12.4. The first kappa shape index (κ1) is 11.1. The van der Waals surface area contributed by atoms with Crippen LogP contribution in [0.4, 0.5) is 4.39 Å². The zero-order valence-corrected chi connectivity index (χ0v) is 8.51. The fourth-order valence-corrected chi connectivity index (χ4v) is 1.35. The van der Waals surface area contributed by atoms with Crippen LogP contribution in [0, 0.1) is 5.82 Å². The third-order valence-electron chi connectivity index (χ3n) is 2.13. The number of carbonyl (C=O) groups excluding carboxylic acids is 1. The molecule has 0 spiro atoms. The number of benzene rings is 1. The van der Waals surface area contributed by atoms with Crippen molar-refractivity contribution in [2.24, 2.45) is 0 Å². The van der Waals surface area contributed by atoms with Crippen LogP contribution >= 0.6 is 0 Å². The molecule has 1 aromatic heterocycles. The highest BCUT2D eigenvalue weighted by molar-refractivity contribution is 6.07. The molecule has 2 aromatic rings. The van der Waals surface area contributed by atoms with Crippen LogP contribution < -0.4 is 0 Å². The highest BCUT2D eigenvalue weighted by Gasteiger charge is 2.16. The van der Waals surface area contributed by atoms with Gasteiger partial charge in [0.1, 0.15) is 5.82 Å². The maximum absolute atomic E-state index is 12.9. The fraction of sp³-hybridized carbons (Fsp3) is 0. The van der Waals surface area contributed by atoms with Gasteiger partial charge in [-0.25, -0.2) is 9.18 Å². The lowest BCUT2D eigenvalue weighted by Gasteiger charge is -1.97. The van der Waals surface area contributed by atoms with E-state index in [0.29, 0.717) is 0 Å². The summed E-state index contributed by atoms with van der Waals surface area (Å²) in [5.74, 6) is -2.82. The molecular formula is C12H7FO4. The van der Waals surface area contributed by atoms with E-state index in [9.17, 15) is 14.0 Å². The molecule has 0 aliphatic carbocycles. The Labute approximate surface area is 95.3 Å². The van der Waals surface area contributed by atoms with Crippen LogP contribution in [0.15, 0.2) is 40.8 Å². The van der Waals surface area contributed by atoms with E-state index >= 15 is 0 Å². The molecule has 0 fully saturated rings. The van der Waals surface area contributed by atoms with Crippen molar-refractivity contribution in [3.8, 4) is 0 Å². The Kier molecular flexibility index (Phi) is 2.74. The van der Waals surface area contributed by atoms with Gasteiger partial charge in [-0.05, 0) is 24.3 Å². The zero-order valence-electron chi connectivity index (χ0n) is 8.51. The number of carboxylic acid groups (broad SMARTS) is 1. The topological polar surface area (TPSA) is 67.5 Å². The number of aromatic carboxylic acids is 1. The summed E-state index contributed by atoms with van der Waals surface area (Å²) in [4.78, 5) is 22.3. The highest BCUT2D eigenvalue weighted by Crippen LogP contribution is 2.14. The largest absolute Gasteiger partial charge is 0.475 e. The van der Waals surface area contributed by atoms with E-state index in [4.69, 9.17) is 9.52 Å². The maximum Gasteiger partial charge on any atom is 0.371 e. The van der Waals surface area contributed by atoms with Gasteiger partial charge in [-0.15, -0.1) is 0 Å². The molecule has 0 aliphatic heterocycles. The normalized spacial score (nSPS) is 10.2. The summed E-state index contributed by atoms with van der Waals surface area (Å²) in [6.07, 6.45) is 0. The van der Waals surface area contributed by atoms with Gasteiger partial charge in [0.2, 0.25) is 11.5 Å². The second kappa shape index (κ2) is 4.21. The molecular weight excluding hydrogens is 227 g/mol. The van der Waals surface area contributed by atoms with Crippen LogP contribution in [0.3, 0.4) is 0 Å². The van der Waals surface area contributed by atoms with Gasteiger partial charge in [0.15, 0.2) is 5.76 Å². The molecule has 0 amide bonds. The minimum atomic E-state index is -1.26. The number of hydrogen-bond acceptors (Lipinski definition) is 3. The van der Waals surface area contributed by atoms with E-state index in [1.165, 1.54) is 30.3 Å². The van der Waals surface area contributed by atoms with Gasteiger partial charge in [-0.2, -0.15) is 0 Å². The number of carbonyl (C=O) groups is 2. The molecule has 0 atom stereocenters. The van der Waals surface area contributed by atoms with E-state index in [1.807, 2.05) is 0 Å². The Balaban J connectivity index is 2.34. The summed E-state index contributed by atoms with van der Waals surface area (Å²) in [5, 5.41) is 8.63. The molecule has 0 saturated heterocycles. The molecule has 0 aliphatic rings. The molecule has 0 radical (unpaired) electrons. The minimum absolute atomic E-state index is 0.108. The maximum atomic E-state index is 12.9. The van der Waals surface area contributed by atoms with E-state index in [2.05, 4.69) is 0 Å². The Morgan fingerprint density at radius 1 is 1.12 bits per heavy atom. The number of carboxylic acids is 1. The van der Waals surface area contributed by atoms with Gasteiger partial charge < -0.3 is 9.52 Å². The molecule has 1 N–H and O–H groups in total. The lowest BCUT2D eigenvalue weighted by Crippen LogP contribution is -2.00. The van der Waals surface area contributed by atoms with Gasteiger partial charge >= 0.3 is 5.97 Å². The van der Waals surface area contributed by atoms with Crippen molar-refractivity contribution in [3.63, 3.8) is 0 Å². The van der Waals surface area contributed by atoms with Crippen molar-refractivity contribution in [1.82, 2.24) is 0 Å². The summed E-state index contributed by atoms with van der Waals surface area (Å²) in [6.45, 7) is 0. The summed E-state index contributed by atoms with van der Waals surface area (Å²) in [6, 6.07) is 7.51. The predicted molar refractivity (Wildman–Crippen MR) is 55.5 cm³/mol. The quantitative estimate of drug-likeness (QED) is 0.827. The lowest BCUT2D eigenvalue weighted by atomic mass is 10.1. The molecule has 1 heterocycles. The van der Waals surface area contributed by atoms with E-state index < -0.39 is 17.6 Å². The van der Waals surface area contributed by atoms with Gasteiger partial charge in [-0.3, -0.25) is 4.79 Å². The first-order chi connectivity index (χ1) is 8.08. The SMILES string of the molecule is O=C(O)c1ccc(C(=O)c2cccc(F)c2)o1. The summed E-state index contributed by atoms with van der Waals surface area (Å²) < 4.78 is 17.7. The van der Waals surface area contributed by atoms with Gasteiger partial charge in [0, 0.05) is 5.56 Å².